The lowest BCUT2D eigenvalue weighted by Crippen LogP contribution is -2.23. The first-order valence-electron chi connectivity index (χ1n) is 12.0. The van der Waals surface area contributed by atoms with Crippen LogP contribution in [0.4, 0.5) is 26.3 Å². The molecule has 0 saturated heterocycles. The first kappa shape index (κ1) is 28.7. The van der Waals surface area contributed by atoms with Crippen molar-refractivity contribution in [3.63, 3.8) is 0 Å². The molecule has 0 unspecified atom stereocenters. The molecule has 0 radical (unpaired) electrons. The summed E-state index contributed by atoms with van der Waals surface area (Å²) in [6.45, 7) is -0.567. The molecule has 0 N–H and O–H groups in total. The van der Waals surface area contributed by atoms with Crippen molar-refractivity contribution in [3.8, 4) is 22.6 Å². The zero-order chi connectivity index (χ0) is 30.2. The Labute approximate surface area is 238 Å². The van der Waals surface area contributed by atoms with E-state index < -0.39 is 35.8 Å². The van der Waals surface area contributed by atoms with Crippen LogP contribution in [0.2, 0.25) is 5.02 Å². The van der Waals surface area contributed by atoms with Crippen LogP contribution in [0.15, 0.2) is 85.3 Å². The highest BCUT2D eigenvalue weighted by molar-refractivity contribution is 6.35. The Kier molecular flexibility index (Phi) is 7.45. The molecule has 7 nitrogen and oxygen atoms in total. The van der Waals surface area contributed by atoms with Crippen LogP contribution in [0.1, 0.15) is 32.6 Å². The van der Waals surface area contributed by atoms with Crippen molar-refractivity contribution < 1.29 is 35.9 Å². The van der Waals surface area contributed by atoms with Crippen molar-refractivity contribution in [1.82, 2.24) is 20.0 Å². The second-order valence-corrected chi connectivity index (χ2v) is 9.42. The number of carbonyl (C=O) groups excluding carboxylic acids is 1. The molecule has 14 heteroatoms. The largest absolute Gasteiger partial charge is 0.619 e. The van der Waals surface area contributed by atoms with E-state index in [9.17, 15) is 36.3 Å². The van der Waals surface area contributed by atoms with Crippen molar-refractivity contribution in [3.05, 3.63) is 123 Å². The van der Waals surface area contributed by atoms with Crippen LogP contribution in [0.3, 0.4) is 0 Å². The topological polar surface area (TPSA) is 87.6 Å². The summed E-state index contributed by atoms with van der Waals surface area (Å²) in [6.07, 6.45) is -6.45. The van der Waals surface area contributed by atoms with Crippen molar-refractivity contribution in [1.29, 1.82) is 0 Å². The summed E-state index contributed by atoms with van der Waals surface area (Å²) in [5.74, 6) is -0.512. The average Bonchev–Trinajstić information content (AvgIpc) is 3.35. The van der Waals surface area contributed by atoms with Crippen molar-refractivity contribution in [2.24, 2.45) is 0 Å². The van der Waals surface area contributed by atoms with E-state index in [-0.39, 0.29) is 50.4 Å². The Morgan fingerprint density at radius 2 is 1.48 bits per heavy atom. The number of pyridine rings is 2. The smallest absolute Gasteiger partial charge is 0.416 e. The van der Waals surface area contributed by atoms with Crippen LogP contribution in [-0.2, 0) is 18.9 Å². The molecule has 214 valence electrons. The van der Waals surface area contributed by atoms with Gasteiger partial charge >= 0.3 is 12.4 Å². The van der Waals surface area contributed by atoms with Gasteiger partial charge in [-0.05, 0) is 48.0 Å². The molecule has 0 bridgehead atoms. The minimum absolute atomic E-state index is 0.00215. The third-order valence-electron chi connectivity index (χ3n) is 6.19. The van der Waals surface area contributed by atoms with Crippen LogP contribution >= 0.6 is 11.6 Å². The van der Waals surface area contributed by atoms with Gasteiger partial charge in [-0.15, -0.1) is 5.10 Å². The maximum Gasteiger partial charge on any atom is 0.416 e. The minimum Gasteiger partial charge on any atom is -0.619 e. The molecule has 5 aromatic rings. The van der Waals surface area contributed by atoms with Gasteiger partial charge in [0.05, 0.1) is 34.0 Å². The van der Waals surface area contributed by atoms with Gasteiger partial charge in [0.25, 0.3) is 0 Å². The van der Waals surface area contributed by atoms with E-state index in [2.05, 4.69) is 15.3 Å². The molecule has 0 atom stereocenters. The zero-order valence-corrected chi connectivity index (χ0v) is 21.7. The number of carbonyl (C=O) groups is 1. The SMILES string of the molecule is O=C(c1ccccc1Cl)c1cccnc1-c1nnn(Cc2cc(C(F)(F)F)cc(C(F)(F)F)c2)c1-c1cc[n+]([O-])cc1. The number of halogens is 7. The van der Waals surface area contributed by atoms with Gasteiger partial charge in [-0.1, -0.05) is 28.9 Å². The van der Waals surface area contributed by atoms with Gasteiger partial charge in [-0.2, -0.15) is 31.1 Å². The number of hydrogen-bond donors (Lipinski definition) is 0. The maximum atomic E-state index is 13.5. The molecule has 0 spiro atoms. The molecule has 5 rings (SSSR count). The van der Waals surface area contributed by atoms with Crippen molar-refractivity contribution in [2.75, 3.05) is 0 Å². The van der Waals surface area contributed by atoms with Crippen LogP contribution in [0.25, 0.3) is 22.6 Å². The molecule has 0 aliphatic rings. The standard InChI is InChI=1S/C28H16ClF6N5O2/c29-22-6-2-1-4-20(22)26(41)21-5-3-9-36-23(21)24-25(17-7-10-39(42)11-8-17)40(38-37-24)15-16-12-18(27(30,31)32)14-19(13-16)28(33,34)35/h1-14H,15H2. The third-order valence-corrected chi connectivity index (χ3v) is 6.52. The normalized spacial score (nSPS) is 12.0. The summed E-state index contributed by atoms with van der Waals surface area (Å²) in [4.78, 5) is 17.8. The lowest BCUT2D eigenvalue weighted by Gasteiger charge is -2.15. The van der Waals surface area contributed by atoms with E-state index in [1.807, 2.05) is 0 Å². The number of nitrogens with zero attached hydrogens (tertiary/aromatic N) is 5. The molecule has 0 amide bonds. The van der Waals surface area contributed by atoms with Crippen LogP contribution in [0.5, 0.6) is 0 Å². The molecule has 0 fully saturated rings. The Balaban J connectivity index is 1.68. The molecule has 3 heterocycles. The Morgan fingerprint density at radius 3 is 2.10 bits per heavy atom. The number of alkyl halides is 6. The zero-order valence-electron chi connectivity index (χ0n) is 21.0. The number of benzene rings is 2. The molecular weight excluding hydrogens is 588 g/mol. The summed E-state index contributed by atoms with van der Waals surface area (Å²) in [5, 5.41) is 20.0. The number of rotatable bonds is 6. The average molecular weight is 604 g/mol. The Hall–Kier alpha value is -4.78. The number of aromatic nitrogens is 5. The van der Waals surface area contributed by atoms with Crippen LogP contribution < -0.4 is 4.73 Å². The highest BCUT2D eigenvalue weighted by atomic mass is 35.5. The van der Waals surface area contributed by atoms with E-state index in [4.69, 9.17) is 11.6 Å². The molecular formula is C28H16ClF6N5O2. The minimum atomic E-state index is -5.05. The lowest BCUT2D eigenvalue weighted by atomic mass is 9.98. The van der Waals surface area contributed by atoms with Gasteiger partial charge in [0.2, 0.25) is 0 Å². The quantitative estimate of drug-likeness (QED) is 0.0943. The van der Waals surface area contributed by atoms with Gasteiger partial charge in [0, 0.05) is 29.5 Å². The fourth-order valence-corrected chi connectivity index (χ4v) is 4.51. The van der Waals surface area contributed by atoms with E-state index >= 15 is 0 Å². The van der Waals surface area contributed by atoms with Gasteiger partial charge in [-0.3, -0.25) is 9.78 Å². The van der Waals surface area contributed by atoms with E-state index in [0.717, 1.165) is 17.1 Å². The molecule has 0 aliphatic heterocycles. The first-order chi connectivity index (χ1) is 19.8. The van der Waals surface area contributed by atoms with E-state index in [1.54, 1.807) is 12.1 Å². The number of hydrogen-bond acceptors (Lipinski definition) is 5. The molecule has 2 aromatic carbocycles. The molecule has 0 saturated carbocycles. The summed E-state index contributed by atoms with van der Waals surface area (Å²) in [7, 11) is 0. The van der Waals surface area contributed by atoms with Crippen LogP contribution in [0, 0.1) is 5.21 Å². The van der Waals surface area contributed by atoms with Gasteiger partial charge in [-0.25, -0.2) is 4.68 Å². The van der Waals surface area contributed by atoms with Gasteiger partial charge in [0.1, 0.15) is 11.4 Å². The molecule has 3 aromatic heterocycles. The fraction of sp³-hybridized carbons (Fsp3) is 0.107. The molecule has 42 heavy (non-hydrogen) atoms. The highest BCUT2D eigenvalue weighted by Crippen LogP contribution is 2.37. The second-order valence-electron chi connectivity index (χ2n) is 9.01. The van der Waals surface area contributed by atoms with Crippen molar-refractivity contribution >= 4 is 17.4 Å². The Bertz CT molecular complexity index is 1750. The summed E-state index contributed by atoms with van der Waals surface area (Å²) in [5.41, 5.74) is -2.71. The number of ketones is 1. The highest BCUT2D eigenvalue weighted by Gasteiger charge is 2.37. The monoisotopic (exact) mass is 603 g/mol. The summed E-state index contributed by atoms with van der Waals surface area (Å²) >= 11 is 6.23. The van der Waals surface area contributed by atoms with Gasteiger partial charge < -0.3 is 5.21 Å². The Morgan fingerprint density at radius 1 is 0.857 bits per heavy atom. The van der Waals surface area contributed by atoms with Crippen LogP contribution in [-0.4, -0.2) is 25.8 Å². The summed E-state index contributed by atoms with van der Waals surface area (Å²) in [6, 6.07) is 13.2. The maximum absolute atomic E-state index is 13.5. The van der Waals surface area contributed by atoms with E-state index in [1.165, 1.54) is 42.6 Å². The molecule has 0 aliphatic carbocycles. The van der Waals surface area contributed by atoms with Crippen molar-refractivity contribution in [2.45, 2.75) is 18.9 Å². The van der Waals surface area contributed by atoms with Gasteiger partial charge in [0.15, 0.2) is 18.2 Å². The predicted molar refractivity (Wildman–Crippen MR) is 138 cm³/mol. The second kappa shape index (κ2) is 10.9. The predicted octanol–water partition coefficient (Wildman–Crippen LogP) is 6.61. The first-order valence-corrected chi connectivity index (χ1v) is 12.4. The fourth-order valence-electron chi connectivity index (χ4n) is 4.29. The summed E-state index contributed by atoms with van der Waals surface area (Å²) < 4.78 is 82.5. The third kappa shape index (κ3) is 5.81. The van der Waals surface area contributed by atoms with E-state index in [0.29, 0.717) is 16.9 Å². The lowest BCUT2D eigenvalue weighted by molar-refractivity contribution is -0.605.